The molecular weight excluding hydrogens is 328 g/mol. The van der Waals surface area contributed by atoms with Crippen LogP contribution < -0.4 is 10.6 Å². The molecule has 0 aliphatic heterocycles. The van der Waals surface area contributed by atoms with Crippen LogP contribution in [-0.2, 0) is 4.79 Å². The fourth-order valence-electron chi connectivity index (χ4n) is 3.04. The first-order valence-corrected chi connectivity index (χ1v) is 10.2. The van der Waals surface area contributed by atoms with Gasteiger partial charge in [-0.15, -0.1) is 11.3 Å². The van der Waals surface area contributed by atoms with Crippen LogP contribution in [0.25, 0.3) is 0 Å². The molecule has 0 saturated heterocycles. The minimum absolute atomic E-state index is 0.0954. The van der Waals surface area contributed by atoms with Gasteiger partial charge in [0.1, 0.15) is 6.04 Å². The lowest BCUT2D eigenvalue weighted by atomic mass is 9.95. The molecule has 0 spiro atoms. The largest absolute Gasteiger partial charge is 0.348 e. The summed E-state index contributed by atoms with van der Waals surface area (Å²) in [6.07, 6.45) is 3.41. The van der Waals surface area contributed by atoms with Crippen LogP contribution >= 0.6 is 11.3 Å². The Morgan fingerprint density at radius 3 is 2.44 bits per heavy atom. The molecule has 3 rings (SSSR count). The summed E-state index contributed by atoms with van der Waals surface area (Å²) >= 11 is 1.76. The van der Waals surface area contributed by atoms with Gasteiger partial charge in [-0.2, -0.15) is 0 Å². The predicted molar refractivity (Wildman–Crippen MR) is 104 cm³/mol. The van der Waals surface area contributed by atoms with Crippen LogP contribution in [0.3, 0.4) is 0 Å². The molecule has 1 amide bonds. The van der Waals surface area contributed by atoms with Gasteiger partial charge in [0.25, 0.3) is 5.91 Å². The number of carbonyl (C=O) groups is 1. The van der Waals surface area contributed by atoms with Crippen molar-refractivity contribution in [2.45, 2.75) is 64.1 Å². The number of nitrogens with one attached hydrogen (secondary N) is 1. The van der Waals surface area contributed by atoms with E-state index in [2.05, 4.69) is 66.3 Å². The van der Waals surface area contributed by atoms with Crippen molar-refractivity contribution in [3.05, 3.63) is 57.8 Å². The Morgan fingerprint density at radius 2 is 1.88 bits per heavy atom. The number of amides is 1. The smallest absolute Gasteiger partial charge is 0.278 e. The second-order valence-electron chi connectivity index (χ2n) is 7.23. The van der Waals surface area contributed by atoms with E-state index in [4.69, 9.17) is 0 Å². The van der Waals surface area contributed by atoms with Crippen molar-refractivity contribution in [1.29, 1.82) is 0 Å². The molecule has 1 aliphatic rings. The molecule has 0 bridgehead atoms. The first-order chi connectivity index (χ1) is 12.1. The van der Waals surface area contributed by atoms with E-state index in [1.807, 2.05) is 6.92 Å². The predicted octanol–water partition coefficient (Wildman–Crippen LogP) is 3.58. The number of nitrogens with two attached hydrogens (primary N) is 1. The highest BCUT2D eigenvalue weighted by Crippen LogP contribution is 2.26. The molecular formula is C21H29N2OS+. The summed E-state index contributed by atoms with van der Waals surface area (Å²) in [5, 5.41) is 7.43. The van der Waals surface area contributed by atoms with Crippen LogP contribution in [0.15, 0.2) is 41.8 Å². The number of rotatable bonds is 8. The van der Waals surface area contributed by atoms with E-state index in [1.54, 1.807) is 11.3 Å². The first kappa shape index (κ1) is 18.2. The Balaban J connectivity index is 1.76. The van der Waals surface area contributed by atoms with Gasteiger partial charge in [-0.05, 0) is 49.1 Å². The number of hydrogen-bond acceptors (Lipinski definition) is 2. The van der Waals surface area contributed by atoms with Gasteiger partial charge >= 0.3 is 0 Å². The molecule has 1 aliphatic carbocycles. The van der Waals surface area contributed by atoms with E-state index >= 15 is 0 Å². The van der Waals surface area contributed by atoms with Gasteiger partial charge in [-0.3, -0.25) is 4.79 Å². The number of benzene rings is 1. The Labute approximate surface area is 154 Å². The average Bonchev–Trinajstić information content (AvgIpc) is 3.28. The van der Waals surface area contributed by atoms with Crippen molar-refractivity contribution in [3.63, 3.8) is 0 Å². The fourth-order valence-corrected chi connectivity index (χ4v) is 3.88. The standard InChI is InChI=1S/C21H28N2OS/c1-4-14(2)16-7-9-17(10-8-16)20(19-6-5-13-25-19)22-15(3)21(24)23-18-11-12-18/h5-10,13-15,18,20,22H,4,11-12H2,1-3H3,(H,23,24)/p+1/t14-,15+,20+/m1/s1. The van der Waals surface area contributed by atoms with Gasteiger partial charge in [0.2, 0.25) is 0 Å². The van der Waals surface area contributed by atoms with Crippen LogP contribution in [-0.4, -0.2) is 18.0 Å². The number of quaternary nitrogens is 1. The topological polar surface area (TPSA) is 45.7 Å². The van der Waals surface area contributed by atoms with Crippen LogP contribution in [0.4, 0.5) is 0 Å². The molecule has 134 valence electrons. The fraction of sp³-hybridized carbons (Fsp3) is 0.476. The van der Waals surface area contributed by atoms with E-state index in [0.29, 0.717) is 12.0 Å². The van der Waals surface area contributed by atoms with Gasteiger partial charge in [0.05, 0.1) is 4.88 Å². The summed E-state index contributed by atoms with van der Waals surface area (Å²) in [6, 6.07) is 13.7. The maximum absolute atomic E-state index is 12.4. The van der Waals surface area contributed by atoms with Crippen molar-refractivity contribution in [3.8, 4) is 0 Å². The monoisotopic (exact) mass is 357 g/mol. The van der Waals surface area contributed by atoms with E-state index < -0.39 is 0 Å². The molecule has 3 atom stereocenters. The Kier molecular flexibility index (Phi) is 5.92. The molecule has 0 unspecified atom stereocenters. The lowest BCUT2D eigenvalue weighted by molar-refractivity contribution is -0.704. The molecule has 2 aromatic rings. The molecule has 4 heteroatoms. The van der Waals surface area contributed by atoms with Gasteiger partial charge < -0.3 is 10.6 Å². The van der Waals surface area contributed by atoms with E-state index in [1.165, 1.54) is 16.0 Å². The van der Waals surface area contributed by atoms with Crippen molar-refractivity contribution < 1.29 is 10.1 Å². The zero-order chi connectivity index (χ0) is 17.8. The SMILES string of the molecule is CC[C@@H](C)c1ccc([C@H]([NH2+][C@@H](C)C(=O)NC2CC2)c2cccs2)cc1. The van der Waals surface area contributed by atoms with Crippen molar-refractivity contribution in [2.75, 3.05) is 0 Å². The van der Waals surface area contributed by atoms with Gasteiger partial charge in [0, 0.05) is 11.6 Å². The molecule has 1 heterocycles. The quantitative estimate of drug-likeness (QED) is 0.745. The molecule has 0 radical (unpaired) electrons. The molecule has 1 saturated carbocycles. The van der Waals surface area contributed by atoms with E-state index in [0.717, 1.165) is 19.3 Å². The van der Waals surface area contributed by atoms with E-state index in [-0.39, 0.29) is 18.0 Å². The summed E-state index contributed by atoms with van der Waals surface area (Å²) in [5.74, 6) is 0.738. The third kappa shape index (κ3) is 4.71. The van der Waals surface area contributed by atoms with Gasteiger partial charge in [-0.1, -0.05) is 44.2 Å². The lowest BCUT2D eigenvalue weighted by Gasteiger charge is -2.20. The lowest BCUT2D eigenvalue weighted by Crippen LogP contribution is -2.92. The van der Waals surface area contributed by atoms with Crippen LogP contribution in [0, 0.1) is 0 Å². The summed E-state index contributed by atoms with van der Waals surface area (Å²) in [7, 11) is 0. The van der Waals surface area contributed by atoms with Gasteiger partial charge in [-0.25, -0.2) is 0 Å². The molecule has 3 N–H and O–H groups in total. The second-order valence-corrected chi connectivity index (χ2v) is 8.21. The Morgan fingerprint density at radius 1 is 1.20 bits per heavy atom. The highest BCUT2D eigenvalue weighted by Gasteiger charge is 2.30. The number of thiophene rings is 1. The zero-order valence-electron chi connectivity index (χ0n) is 15.4. The van der Waals surface area contributed by atoms with E-state index in [9.17, 15) is 4.79 Å². The van der Waals surface area contributed by atoms with Crippen LogP contribution in [0.1, 0.15) is 68.0 Å². The average molecular weight is 358 g/mol. The Hall–Kier alpha value is -1.65. The molecule has 25 heavy (non-hydrogen) atoms. The molecule has 1 fully saturated rings. The minimum Gasteiger partial charge on any atom is -0.348 e. The third-order valence-corrected chi connectivity index (χ3v) is 6.10. The summed E-state index contributed by atoms with van der Waals surface area (Å²) in [6.45, 7) is 6.50. The van der Waals surface area contributed by atoms with Crippen molar-refractivity contribution in [1.82, 2.24) is 5.32 Å². The van der Waals surface area contributed by atoms with Crippen molar-refractivity contribution in [2.24, 2.45) is 0 Å². The maximum atomic E-state index is 12.4. The minimum atomic E-state index is -0.0954. The normalized spacial score (nSPS) is 17.7. The van der Waals surface area contributed by atoms with Crippen LogP contribution in [0.5, 0.6) is 0 Å². The third-order valence-electron chi connectivity index (χ3n) is 5.15. The highest BCUT2D eigenvalue weighted by molar-refractivity contribution is 7.10. The first-order valence-electron chi connectivity index (χ1n) is 9.37. The zero-order valence-corrected chi connectivity index (χ0v) is 16.2. The molecule has 1 aromatic heterocycles. The van der Waals surface area contributed by atoms with Crippen LogP contribution in [0.2, 0.25) is 0 Å². The molecule has 1 aromatic carbocycles. The summed E-state index contributed by atoms with van der Waals surface area (Å²) in [5.41, 5.74) is 2.65. The van der Waals surface area contributed by atoms with Gasteiger partial charge in [0.15, 0.2) is 6.04 Å². The maximum Gasteiger partial charge on any atom is 0.278 e. The second kappa shape index (κ2) is 8.15. The van der Waals surface area contributed by atoms with Crippen molar-refractivity contribution >= 4 is 17.2 Å². The highest BCUT2D eigenvalue weighted by atomic mass is 32.1. The number of carbonyl (C=O) groups excluding carboxylic acids is 1. The summed E-state index contributed by atoms with van der Waals surface area (Å²) in [4.78, 5) is 13.7. The number of hydrogen-bond donors (Lipinski definition) is 2. The Bertz CT molecular complexity index is 676. The molecule has 3 nitrogen and oxygen atoms in total. The summed E-state index contributed by atoms with van der Waals surface area (Å²) < 4.78 is 0.